The summed E-state index contributed by atoms with van der Waals surface area (Å²) in [4.78, 5) is 3.10. The highest BCUT2D eigenvalue weighted by Crippen LogP contribution is 2.28. The van der Waals surface area contributed by atoms with Gasteiger partial charge in [-0.2, -0.15) is 13.2 Å². The standard InChI is InChI=1S/C7H7F3N2O/c8-7(9,10)5-3-4(6(11)13)1-2-12-5/h1-3,6,13H,11H2. The molecule has 72 valence electrons. The van der Waals surface area contributed by atoms with E-state index in [1.165, 1.54) is 6.07 Å². The summed E-state index contributed by atoms with van der Waals surface area (Å²) in [6.07, 6.45) is -4.97. The van der Waals surface area contributed by atoms with Gasteiger partial charge in [0.15, 0.2) is 0 Å². The van der Waals surface area contributed by atoms with Crippen LogP contribution in [-0.4, -0.2) is 10.1 Å². The Bertz CT molecular complexity index is 298. The van der Waals surface area contributed by atoms with Gasteiger partial charge in [-0.25, -0.2) is 0 Å². The first-order valence-electron chi connectivity index (χ1n) is 3.38. The van der Waals surface area contributed by atoms with E-state index in [9.17, 15) is 13.2 Å². The highest BCUT2D eigenvalue weighted by Gasteiger charge is 2.32. The van der Waals surface area contributed by atoms with Gasteiger partial charge in [-0.15, -0.1) is 0 Å². The zero-order valence-electron chi connectivity index (χ0n) is 6.42. The van der Waals surface area contributed by atoms with Crippen molar-refractivity contribution >= 4 is 0 Å². The predicted molar refractivity (Wildman–Crippen MR) is 38.4 cm³/mol. The molecular weight excluding hydrogens is 185 g/mol. The minimum atomic E-state index is -4.51. The number of pyridine rings is 1. The molecule has 0 bridgehead atoms. The minimum Gasteiger partial charge on any atom is -0.375 e. The van der Waals surface area contributed by atoms with Gasteiger partial charge in [0.05, 0.1) is 0 Å². The van der Waals surface area contributed by atoms with Crippen LogP contribution in [0.3, 0.4) is 0 Å². The van der Waals surface area contributed by atoms with Gasteiger partial charge in [0.1, 0.15) is 11.9 Å². The number of aliphatic hydroxyl groups is 1. The van der Waals surface area contributed by atoms with Gasteiger partial charge in [-0.3, -0.25) is 4.98 Å². The van der Waals surface area contributed by atoms with Crippen molar-refractivity contribution in [2.75, 3.05) is 0 Å². The molecule has 3 N–H and O–H groups in total. The maximum atomic E-state index is 12.0. The molecule has 1 aromatic heterocycles. The molecule has 0 spiro atoms. The van der Waals surface area contributed by atoms with Crippen LogP contribution in [0.2, 0.25) is 0 Å². The first-order valence-corrected chi connectivity index (χ1v) is 3.38. The third-order valence-electron chi connectivity index (χ3n) is 1.42. The highest BCUT2D eigenvalue weighted by atomic mass is 19.4. The Morgan fingerprint density at radius 2 is 2.08 bits per heavy atom. The molecule has 0 aliphatic rings. The van der Waals surface area contributed by atoms with Crippen LogP contribution in [0.4, 0.5) is 13.2 Å². The Kier molecular flexibility index (Phi) is 2.53. The van der Waals surface area contributed by atoms with Crippen LogP contribution < -0.4 is 5.73 Å². The molecule has 1 atom stereocenters. The largest absolute Gasteiger partial charge is 0.433 e. The van der Waals surface area contributed by atoms with E-state index in [1.54, 1.807) is 0 Å². The van der Waals surface area contributed by atoms with Gasteiger partial charge < -0.3 is 10.8 Å². The minimum absolute atomic E-state index is 0.0117. The highest BCUT2D eigenvalue weighted by molar-refractivity contribution is 5.19. The lowest BCUT2D eigenvalue weighted by Crippen LogP contribution is -2.13. The average Bonchev–Trinajstić information content (AvgIpc) is 2.03. The SMILES string of the molecule is NC(O)c1ccnc(C(F)(F)F)c1. The first-order chi connectivity index (χ1) is 5.91. The van der Waals surface area contributed by atoms with E-state index >= 15 is 0 Å². The molecule has 0 aliphatic carbocycles. The Morgan fingerprint density at radius 1 is 1.46 bits per heavy atom. The van der Waals surface area contributed by atoms with E-state index < -0.39 is 18.1 Å². The Balaban J connectivity index is 3.06. The van der Waals surface area contributed by atoms with Crippen molar-refractivity contribution in [3.8, 4) is 0 Å². The van der Waals surface area contributed by atoms with E-state index in [4.69, 9.17) is 10.8 Å². The second-order valence-electron chi connectivity index (χ2n) is 2.42. The van der Waals surface area contributed by atoms with E-state index in [1.807, 2.05) is 0 Å². The van der Waals surface area contributed by atoms with Crippen LogP contribution in [0.15, 0.2) is 18.3 Å². The maximum Gasteiger partial charge on any atom is 0.433 e. The topological polar surface area (TPSA) is 59.1 Å². The van der Waals surface area contributed by atoms with Crippen molar-refractivity contribution in [1.82, 2.24) is 4.98 Å². The molecule has 1 unspecified atom stereocenters. The summed E-state index contributed by atoms with van der Waals surface area (Å²) in [6.45, 7) is 0. The fourth-order valence-corrected chi connectivity index (χ4v) is 0.786. The molecule has 13 heavy (non-hydrogen) atoms. The van der Waals surface area contributed by atoms with E-state index in [0.29, 0.717) is 6.07 Å². The smallest absolute Gasteiger partial charge is 0.375 e. The Morgan fingerprint density at radius 3 is 2.54 bits per heavy atom. The lowest BCUT2D eigenvalue weighted by molar-refractivity contribution is -0.141. The van der Waals surface area contributed by atoms with Gasteiger partial charge in [-0.05, 0) is 17.7 Å². The molecule has 0 saturated heterocycles. The molecule has 0 saturated carbocycles. The summed E-state index contributed by atoms with van der Waals surface area (Å²) in [7, 11) is 0. The van der Waals surface area contributed by atoms with Crippen LogP contribution >= 0.6 is 0 Å². The van der Waals surface area contributed by atoms with Crippen molar-refractivity contribution in [3.63, 3.8) is 0 Å². The Labute approximate surface area is 72.0 Å². The van der Waals surface area contributed by atoms with E-state index in [0.717, 1.165) is 6.20 Å². The van der Waals surface area contributed by atoms with Crippen LogP contribution in [0.5, 0.6) is 0 Å². The molecule has 1 heterocycles. The van der Waals surface area contributed by atoms with Crippen molar-refractivity contribution in [1.29, 1.82) is 0 Å². The summed E-state index contributed by atoms with van der Waals surface area (Å²) >= 11 is 0. The third kappa shape index (κ3) is 2.40. The fraction of sp³-hybridized carbons (Fsp3) is 0.286. The third-order valence-corrected chi connectivity index (χ3v) is 1.42. The summed E-state index contributed by atoms with van der Waals surface area (Å²) in [5.74, 6) is 0. The molecule has 1 aromatic rings. The van der Waals surface area contributed by atoms with Crippen molar-refractivity contribution in [3.05, 3.63) is 29.6 Å². The number of aliphatic hydroxyl groups excluding tert-OH is 1. The maximum absolute atomic E-state index is 12.0. The quantitative estimate of drug-likeness (QED) is 0.654. The molecular formula is C7H7F3N2O. The molecule has 6 heteroatoms. The van der Waals surface area contributed by atoms with Crippen LogP contribution in [-0.2, 0) is 6.18 Å². The van der Waals surface area contributed by atoms with Gasteiger partial charge in [-0.1, -0.05) is 0 Å². The Hall–Kier alpha value is -1.14. The molecule has 1 rings (SSSR count). The number of hydrogen-bond acceptors (Lipinski definition) is 3. The number of hydrogen-bond donors (Lipinski definition) is 2. The van der Waals surface area contributed by atoms with Crippen molar-refractivity contribution in [2.24, 2.45) is 5.73 Å². The average molecular weight is 192 g/mol. The summed E-state index contributed by atoms with van der Waals surface area (Å²) in [5.41, 5.74) is 3.91. The van der Waals surface area contributed by atoms with Crippen molar-refractivity contribution < 1.29 is 18.3 Å². The molecule has 0 aromatic carbocycles. The number of nitrogens with two attached hydrogens (primary N) is 1. The van der Waals surface area contributed by atoms with Crippen LogP contribution in [0.1, 0.15) is 17.5 Å². The van der Waals surface area contributed by atoms with Crippen LogP contribution in [0.25, 0.3) is 0 Å². The predicted octanol–water partition coefficient (Wildman–Crippen LogP) is 1.05. The van der Waals surface area contributed by atoms with Gasteiger partial charge >= 0.3 is 6.18 Å². The van der Waals surface area contributed by atoms with Gasteiger partial charge in [0.2, 0.25) is 0 Å². The molecule has 0 aliphatic heterocycles. The van der Waals surface area contributed by atoms with Crippen LogP contribution in [0, 0.1) is 0 Å². The number of nitrogens with zero attached hydrogens (tertiary/aromatic N) is 1. The van der Waals surface area contributed by atoms with Gasteiger partial charge in [0.25, 0.3) is 0 Å². The zero-order chi connectivity index (χ0) is 10.1. The number of aromatic nitrogens is 1. The van der Waals surface area contributed by atoms with Gasteiger partial charge in [0, 0.05) is 6.20 Å². The number of alkyl halides is 3. The number of halogens is 3. The molecule has 3 nitrogen and oxygen atoms in total. The monoisotopic (exact) mass is 192 g/mol. The van der Waals surface area contributed by atoms with Crippen molar-refractivity contribution in [2.45, 2.75) is 12.4 Å². The molecule has 0 radical (unpaired) electrons. The second kappa shape index (κ2) is 3.31. The summed E-state index contributed by atoms with van der Waals surface area (Å²) in [6, 6.07) is 1.94. The number of rotatable bonds is 1. The second-order valence-corrected chi connectivity index (χ2v) is 2.42. The summed E-state index contributed by atoms with van der Waals surface area (Å²) in [5, 5.41) is 8.80. The van der Waals surface area contributed by atoms with E-state index in [-0.39, 0.29) is 5.56 Å². The molecule has 0 fully saturated rings. The van der Waals surface area contributed by atoms with E-state index in [2.05, 4.69) is 4.98 Å². The summed E-state index contributed by atoms with van der Waals surface area (Å²) < 4.78 is 36.1. The zero-order valence-corrected chi connectivity index (χ0v) is 6.42. The fourth-order valence-electron chi connectivity index (χ4n) is 0.786. The molecule has 0 amide bonds. The normalized spacial score (nSPS) is 14.2. The lowest BCUT2D eigenvalue weighted by Gasteiger charge is -2.08. The lowest BCUT2D eigenvalue weighted by atomic mass is 10.2. The first kappa shape index (κ1) is 9.94.